The zero-order valence-electron chi connectivity index (χ0n) is 10.4. The Labute approximate surface area is 109 Å². The lowest BCUT2D eigenvalue weighted by molar-refractivity contribution is -0.0231. The highest BCUT2D eigenvalue weighted by molar-refractivity contribution is 5.43. The molecule has 5 heteroatoms. The Morgan fingerprint density at radius 3 is 2.53 bits per heavy atom. The number of nitrogen functional groups attached to an aromatic ring is 1. The van der Waals surface area contributed by atoms with Gasteiger partial charge >= 0.3 is 0 Å². The van der Waals surface area contributed by atoms with Crippen molar-refractivity contribution < 1.29 is 8.78 Å². The van der Waals surface area contributed by atoms with Crippen molar-refractivity contribution in [3.63, 3.8) is 0 Å². The van der Waals surface area contributed by atoms with Crippen LogP contribution in [0.15, 0.2) is 47.4 Å². The zero-order chi connectivity index (χ0) is 14.0. The van der Waals surface area contributed by atoms with E-state index < -0.39 is 18.0 Å². The predicted molar refractivity (Wildman–Crippen MR) is 70.2 cm³/mol. The number of aromatic nitrogens is 1. The van der Waals surface area contributed by atoms with Crippen molar-refractivity contribution in [2.24, 2.45) is 0 Å². The van der Waals surface area contributed by atoms with Crippen LogP contribution in [0.4, 0.5) is 14.5 Å². The number of rotatable bonds is 3. The highest BCUT2D eigenvalue weighted by Crippen LogP contribution is 2.29. The number of alkyl halides is 2. The van der Waals surface area contributed by atoms with E-state index in [-0.39, 0.29) is 5.56 Å². The second-order valence-corrected chi connectivity index (χ2v) is 4.45. The smallest absolute Gasteiger partial charge is 0.290 e. The highest BCUT2D eigenvalue weighted by Gasteiger charge is 2.32. The van der Waals surface area contributed by atoms with E-state index in [1.54, 1.807) is 13.0 Å². The number of anilines is 1. The number of aryl methyl sites for hydroxylation is 1. The van der Waals surface area contributed by atoms with Crippen LogP contribution >= 0.6 is 0 Å². The van der Waals surface area contributed by atoms with Gasteiger partial charge in [-0.3, -0.25) is 4.79 Å². The van der Waals surface area contributed by atoms with Gasteiger partial charge in [-0.25, -0.2) is 0 Å². The molecule has 0 radical (unpaired) electrons. The van der Waals surface area contributed by atoms with E-state index >= 15 is 0 Å². The Kier molecular flexibility index (Phi) is 3.38. The van der Waals surface area contributed by atoms with Crippen molar-refractivity contribution in [1.82, 2.24) is 4.57 Å². The molecule has 1 aromatic carbocycles. The maximum absolute atomic E-state index is 14.1. The molecule has 19 heavy (non-hydrogen) atoms. The fraction of sp³-hybridized carbons (Fsp3) is 0.214. The Morgan fingerprint density at radius 1 is 1.26 bits per heavy atom. The van der Waals surface area contributed by atoms with Crippen molar-refractivity contribution in [2.75, 3.05) is 5.73 Å². The molecule has 0 atom stereocenters. The van der Waals surface area contributed by atoms with Crippen LogP contribution < -0.4 is 11.3 Å². The lowest BCUT2D eigenvalue weighted by Gasteiger charge is -2.18. The Bertz CT molecular complexity index is 636. The normalized spacial score (nSPS) is 11.5. The monoisotopic (exact) mass is 264 g/mol. The Balaban J connectivity index is 2.36. The number of benzene rings is 1. The Hall–Kier alpha value is -2.17. The molecule has 0 fully saturated rings. The molecule has 0 bridgehead atoms. The first-order valence-corrected chi connectivity index (χ1v) is 5.80. The average Bonchev–Trinajstić information content (AvgIpc) is 2.37. The summed E-state index contributed by atoms with van der Waals surface area (Å²) in [6.45, 7) is 0.941. The third-order valence-electron chi connectivity index (χ3n) is 2.94. The van der Waals surface area contributed by atoms with Crippen molar-refractivity contribution >= 4 is 5.69 Å². The second-order valence-electron chi connectivity index (χ2n) is 4.45. The van der Waals surface area contributed by atoms with Gasteiger partial charge in [0.25, 0.3) is 11.5 Å². The predicted octanol–water partition coefficient (Wildman–Crippen LogP) is 2.53. The molecule has 1 heterocycles. The first-order valence-electron chi connectivity index (χ1n) is 5.80. The summed E-state index contributed by atoms with van der Waals surface area (Å²) < 4.78 is 29.0. The summed E-state index contributed by atoms with van der Waals surface area (Å²) in [6, 6.07) is 8.67. The fourth-order valence-corrected chi connectivity index (χ4v) is 1.80. The largest absolute Gasteiger partial charge is 0.397 e. The summed E-state index contributed by atoms with van der Waals surface area (Å²) in [4.78, 5) is 11.7. The molecule has 0 saturated heterocycles. The number of nitrogens with zero attached hydrogens (tertiary/aromatic N) is 1. The third-order valence-corrected chi connectivity index (χ3v) is 2.94. The van der Waals surface area contributed by atoms with Gasteiger partial charge in [0.05, 0.1) is 12.2 Å². The highest BCUT2D eigenvalue weighted by atomic mass is 19.3. The maximum Gasteiger partial charge on any atom is 0.290 e. The van der Waals surface area contributed by atoms with Crippen LogP contribution in [0, 0.1) is 6.92 Å². The molecule has 2 N–H and O–H groups in total. The molecule has 0 spiro atoms. The van der Waals surface area contributed by atoms with Crippen LogP contribution in [-0.2, 0) is 12.5 Å². The SMILES string of the molecule is Cc1cc(=O)n(CC(F)(F)c2ccccc2)cc1N. The van der Waals surface area contributed by atoms with Gasteiger partial charge in [0.15, 0.2) is 0 Å². The van der Waals surface area contributed by atoms with E-state index in [1.165, 1.54) is 36.5 Å². The van der Waals surface area contributed by atoms with Crippen LogP contribution in [0.2, 0.25) is 0 Å². The summed E-state index contributed by atoms with van der Waals surface area (Å²) in [5, 5.41) is 0. The molecule has 2 rings (SSSR count). The first-order chi connectivity index (χ1) is 8.90. The average molecular weight is 264 g/mol. The van der Waals surface area contributed by atoms with Crippen LogP contribution in [0.1, 0.15) is 11.1 Å². The number of hydrogen-bond donors (Lipinski definition) is 1. The van der Waals surface area contributed by atoms with Crippen molar-refractivity contribution in [2.45, 2.75) is 19.4 Å². The van der Waals surface area contributed by atoms with Gasteiger partial charge in [-0.15, -0.1) is 0 Å². The van der Waals surface area contributed by atoms with E-state index in [9.17, 15) is 13.6 Å². The van der Waals surface area contributed by atoms with Crippen molar-refractivity contribution in [3.8, 4) is 0 Å². The molecule has 0 amide bonds. The molecule has 2 aromatic rings. The summed E-state index contributed by atoms with van der Waals surface area (Å²) >= 11 is 0. The van der Waals surface area contributed by atoms with Gasteiger partial charge in [0, 0.05) is 17.8 Å². The fourth-order valence-electron chi connectivity index (χ4n) is 1.80. The number of hydrogen-bond acceptors (Lipinski definition) is 2. The molecule has 0 aliphatic rings. The van der Waals surface area contributed by atoms with E-state index in [4.69, 9.17) is 5.73 Å². The minimum absolute atomic E-state index is 0.124. The van der Waals surface area contributed by atoms with Gasteiger partial charge in [-0.2, -0.15) is 8.78 Å². The summed E-state index contributed by atoms with van der Waals surface area (Å²) in [5.74, 6) is -3.12. The van der Waals surface area contributed by atoms with Crippen LogP contribution in [-0.4, -0.2) is 4.57 Å². The van der Waals surface area contributed by atoms with Crippen LogP contribution in [0.3, 0.4) is 0 Å². The van der Waals surface area contributed by atoms with Gasteiger partial charge in [0.2, 0.25) is 0 Å². The first kappa shape index (κ1) is 13.3. The molecule has 3 nitrogen and oxygen atoms in total. The van der Waals surface area contributed by atoms with E-state index in [0.29, 0.717) is 11.3 Å². The van der Waals surface area contributed by atoms with Crippen LogP contribution in [0.25, 0.3) is 0 Å². The van der Waals surface area contributed by atoms with Gasteiger partial charge < -0.3 is 10.3 Å². The molecule has 1 aromatic heterocycles. The summed E-state index contributed by atoms with van der Waals surface area (Å²) in [5.41, 5.74) is 5.94. The summed E-state index contributed by atoms with van der Waals surface area (Å²) in [6.07, 6.45) is 1.26. The van der Waals surface area contributed by atoms with Crippen molar-refractivity contribution in [1.29, 1.82) is 0 Å². The van der Waals surface area contributed by atoms with E-state index in [0.717, 1.165) is 4.57 Å². The minimum atomic E-state index is -3.12. The zero-order valence-corrected chi connectivity index (χ0v) is 10.4. The molecule has 0 aliphatic heterocycles. The quantitative estimate of drug-likeness (QED) is 0.926. The number of nitrogens with two attached hydrogens (primary N) is 1. The standard InChI is InChI=1S/C14H14F2N2O/c1-10-7-13(19)18(8-12(10)17)9-14(15,16)11-5-3-2-4-6-11/h2-8H,9,17H2,1H3. The van der Waals surface area contributed by atoms with E-state index in [1.807, 2.05) is 0 Å². The molecular formula is C14H14F2N2O. The molecule has 0 aliphatic carbocycles. The maximum atomic E-state index is 14.1. The van der Waals surface area contributed by atoms with Gasteiger partial charge in [0.1, 0.15) is 0 Å². The van der Waals surface area contributed by atoms with E-state index in [2.05, 4.69) is 0 Å². The van der Waals surface area contributed by atoms with Crippen LogP contribution in [0.5, 0.6) is 0 Å². The third kappa shape index (κ3) is 2.81. The minimum Gasteiger partial charge on any atom is -0.397 e. The number of halogens is 2. The summed E-state index contributed by atoms with van der Waals surface area (Å²) in [7, 11) is 0. The Morgan fingerprint density at radius 2 is 1.89 bits per heavy atom. The lowest BCUT2D eigenvalue weighted by atomic mass is 10.1. The molecule has 100 valence electrons. The molecular weight excluding hydrogens is 250 g/mol. The topological polar surface area (TPSA) is 48.0 Å². The number of pyridine rings is 1. The lowest BCUT2D eigenvalue weighted by Crippen LogP contribution is -2.29. The van der Waals surface area contributed by atoms with Crippen molar-refractivity contribution in [3.05, 3.63) is 64.1 Å². The molecule has 0 saturated carbocycles. The van der Waals surface area contributed by atoms with Gasteiger partial charge in [-0.1, -0.05) is 30.3 Å². The molecule has 0 unspecified atom stereocenters. The second kappa shape index (κ2) is 4.84. The van der Waals surface area contributed by atoms with Gasteiger partial charge in [-0.05, 0) is 12.5 Å².